The van der Waals surface area contributed by atoms with Crippen LogP contribution in [0.3, 0.4) is 0 Å². The van der Waals surface area contributed by atoms with Crippen LogP contribution in [0.1, 0.15) is 5.69 Å². The fourth-order valence-corrected chi connectivity index (χ4v) is 1.88. The lowest BCUT2D eigenvalue weighted by atomic mass is 10.3. The molecular formula is C10H7ClN4O. The Labute approximate surface area is 95.5 Å². The van der Waals surface area contributed by atoms with Crippen molar-refractivity contribution in [1.29, 1.82) is 0 Å². The summed E-state index contributed by atoms with van der Waals surface area (Å²) in [5.41, 5.74) is 2.42. The maximum absolute atomic E-state index is 11.6. The van der Waals surface area contributed by atoms with Crippen molar-refractivity contribution in [3.05, 3.63) is 40.2 Å². The Morgan fingerprint density at radius 1 is 1.38 bits per heavy atom. The standard InChI is InChI=1S/C10H7ClN4O/c1-6-4-10-13-15(16)8-3-2-7(11)5-9(8)14(10)12-6/h2-5H,1H3. The summed E-state index contributed by atoms with van der Waals surface area (Å²) in [5, 5.41) is 20.3. The monoisotopic (exact) mass is 234 g/mol. The fourth-order valence-electron chi connectivity index (χ4n) is 1.71. The van der Waals surface area contributed by atoms with Gasteiger partial charge < -0.3 is 5.21 Å². The molecule has 3 aromatic rings. The van der Waals surface area contributed by atoms with E-state index >= 15 is 0 Å². The zero-order valence-corrected chi connectivity index (χ0v) is 9.14. The highest BCUT2D eigenvalue weighted by Crippen LogP contribution is 2.17. The predicted octanol–water partition coefficient (Wildman–Crippen LogP) is 1.48. The minimum Gasteiger partial charge on any atom is -0.594 e. The van der Waals surface area contributed by atoms with Crippen molar-refractivity contribution >= 4 is 28.3 Å². The van der Waals surface area contributed by atoms with Crippen molar-refractivity contribution in [3.8, 4) is 0 Å². The number of hydrogen-bond acceptors (Lipinski definition) is 3. The van der Waals surface area contributed by atoms with Gasteiger partial charge in [0.1, 0.15) is 5.52 Å². The zero-order valence-electron chi connectivity index (χ0n) is 8.38. The van der Waals surface area contributed by atoms with Crippen LogP contribution in [0.25, 0.3) is 16.7 Å². The van der Waals surface area contributed by atoms with Crippen molar-refractivity contribution in [1.82, 2.24) is 14.7 Å². The summed E-state index contributed by atoms with van der Waals surface area (Å²) in [4.78, 5) is 0.585. The van der Waals surface area contributed by atoms with Gasteiger partial charge in [-0.25, -0.2) is 4.52 Å². The van der Waals surface area contributed by atoms with E-state index in [1.165, 1.54) is 0 Å². The number of halogens is 1. The highest BCUT2D eigenvalue weighted by Gasteiger charge is 2.13. The van der Waals surface area contributed by atoms with Crippen LogP contribution in [-0.4, -0.2) is 14.7 Å². The van der Waals surface area contributed by atoms with Gasteiger partial charge in [0, 0.05) is 22.3 Å². The van der Waals surface area contributed by atoms with E-state index in [0.717, 1.165) is 5.69 Å². The molecule has 0 saturated heterocycles. The van der Waals surface area contributed by atoms with Crippen molar-refractivity contribution in [2.24, 2.45) is 0 Å². The summed E-state index contributed by atoms with van der Waals surface area (Å²) in [7, 11) is 0. The van der Waals surface area contributed by atoms with Crippen LogP contribution in [0, 0.1) is 12.1 Å². The molecular weight excluding hydrogens is 228 g/mol. The van der Waals surface area contributed by atoms with Crippen LogP contribution in [0.4, 0.5) is 0 Å². The molecule has 80 valence electrons. The molecule has 16 heavy (non-hydrogen) atoms. The number of benzene rings is 1. The number of rotatable bonds is 0. The van der Waals surface area contributed by atoms with Gasteiger partial charge in [0.25, 0.3) is 5.52 Å². The lowest BCUT2D eigenvalue weighted by Crippen LogP contribution is -2.32. The first kappa shape index (κ1) is 9.35. The van der Waals surface area contributed by atoms with Gasteiger partial charge in [0.05, 0.1) is 5.69 Å². The van der Waals surface area contributed by atoms with Crippen LogP contribution in [-0.2, 0) is 0 Å². The Morgan fingerprint density at radius 3 is 3.00 bits per heavy atom. The molecule has 1 aromatic carbocycles. The normalized spacial score (nSPS) is 11.4. The molecule has 0 atom stereocenters. The lowest BCUT2D eigenvalue weighted by molar-refractivity contribution is -0.640. The molecule has 6 heteroatoms. The second-order valence-corrected chi connectivity index (χ2v) is 4.00. The van der Waals surface area contributed by atoms with Gasteiger partial charge in [-0.1, -0.05) is 11.6 Å². The average Bonchev–Trinajstić information content (AvgIpc) is 2.59. The molecule has 0 amide bonds. The first-order valence-corrected chi connectivity index (χ1v) is 5.08. The first-order valence-electron chi connectivity index (χ1n) is 4.70. The quantitative estimate of drug-likeness (QED) is 0.437. The lowest BCUT2D eigenvalue weighted by Gasteiger charge is -2.01. The predicted molar refractivity (Wildman–Crippen MR) is 59.2 cm³/mol. The molecule has 0 aliphatic rings. The van der Waals surface area contributed by atoms with E-state index in [1.54, 1.807) is 28.8 Å². The maximum Gasteiger partial charge on any atom is 0.270 e. The molecule has 0 aliphatic heterocycles. The van der Waals surface area contributed by atoms with E-state index in [9.17, 15) is 5.21 Å². The molecule has 2 aromatic heterocycles. The number of nitrogens with zero attached hydrogens (tertiary/aromatic N) is 4. The van der Waals surface area contributed by atoms with E-state index in [2.05, 4.69) is 10.2 Å². The van der Waals surface area contributed by atoms with Crippen molar-refractivity contribution in [3.63, 3.8) is 0 Å². The highest BCUT2D eigenvalue weighted by molar-refractivity contribution is 6.31. The Hall–Kier alpha value is -1.88. The SMILES string of the molecule is Cc1cc2n[n+]([O-])c3ccc(Cl)cc3n2n1. The van der Waals surface area contributed by atoms with Crippen LogP contribution in [0.2, 0.25) is 5.02 Å². The van der Waals surface area contributed by atoms with Gasteiger partial charge in [-0.2, -0.15) is 5.10 Å². The molecule has 3 rings (SSSR count). The van der Waals surface area contributed by atoms with E-state index in [0.29, 0.717) is 26.5 Å². The second-order valence-electron chi connectivity index (χ2n) is 3.56. The molecule has 0 saturated carbocycles. The Bertz CT molecular complexity index is 707. The Morgan fingerprint density at radius 2 is 2.19 bits per heavy atom. The summed E-state index contributed by atoms with van der Waals surface area (Å²) in [6.07, 6.45) is 0. The number of aromatic nitrogens is 4. The summed E-state index contributed by atoms with van der Waals surface area (Å²) in [6, 6.07) is 6.73. The van der Waals surface area contributed by atoms with Gasteiger partial charge in [-0.3, -0.25) is 0 Å². The minimum atomic E-state index is 0.444. The first-order chi connectivity index (χ1) is 7.65. The molecule has 0 bridgehead atoms. The molecule has 5 nitrogen and oxygen atoms in total. The van der Waals surface area contributed by atoms with E-state index in [-0.39, 0.29) is 0 Å². The smallest absolute Gasteiger partial charge is 0.270 e. The molecule has 0 aliphatic carbocycles. The topological polar surface area (TPSA) is 57.1 Å². The minimum absolute atomic E-state index is 0.444. The van der Waals surface area contributed by atoms with E-state index < -0.39 is 0 Å². The number of aryl methyl sites for hydroxylation is 1. The van der Waals surface area contributed by atoms with Gasteiger partial charge in [0.15, 0.2) is 0 Å². The fraction of sp³-hybridized carbons (Fsp3) is 0.100. The maximum atomic E-state index is 11.6. The number of fused-ring (bicyclic) bond motifs is 3. The zero-order chi connectivity index (χ0) is 11.3. The molecule has 0 radical (unpaired) electrons. The third-order valence-corrected chi connectivity index (χ3v) is 2.61. The molecule has 0 fully saturated rings. The highest BCUT2D eigenvalue weighted by atomic mass is 35.5. The van der Waals surface area contributed by atoms with Crippen LogP contribution >= 0.6 is 11.6 Å². The van der Waals surface area contributed by atoms with Crippen molar-refractivity contribution in [2.45, 2.75) is 6.92 Å². The largest absolute Gasteiger partial charge is 0.594 e. The van der Waals surface area contributed by atoms with Crippen molar-refractivity contribution in [2.75, 3.05) is 0 Å². The van der Waals surface area contributed by atoms with Gasteiger partial charge in [-0.15, -0.1) is 0 Å². The Balaban J connectivity index is 2.60. The Kier molecular flexibility index (Phi) is 1.79. The number of hydrogen-bond donors (Lipinski definition) is 0. The van der Waals surface area contributed by atoms with Gasteiger partial charge in [0.2, 0.25) is 5.65 Å². The van der Waals surface area contributed by atoms with Gasteiger partial charge in [-0.05, 0) is 23.9 Å². The summed E-state index contributed by atoms with van der Waals surface area (Å²) < 4.78 is 1.62. The second kappa shape index (κ2) is 3.05. The molecule has 2 heterocycles. The summed E-state index contributed by atoms with van der Waals surface area (Å²) in [6.45, 7) is 1.85. The van der Waals surface area contributed by atoms with E-state index in [1.807, 2.05) is 6.92 Å². The van der Waals surface area contributed by atoms with Crippen LogP contribution in [0.15, 0.2) is 24.3 Å². The molecule has 0 spiro atoms. The summed E-state index contributed by atoms with van der Waals surface area (Å²) in [5.74, 6) is 0. The third-order valence-electron chi connectivity index (χ3n) is 2.38. The van der Waals surface area contributed by atoms with E-state index in [4.69, 9.17) is 11.6 Å². The van der Waals surface area contributed by atoms with Crippen molar-refractivity contribution < 1.29 is 4.85 Å². The molecule has 0 unspecified atom stereocenters. The van der Waals surface area contributed by atoms with Gasteiger partial charge >= 0.3 is 0 Å². The van der Waals surface area contributed by atoms with Crippen LogP contribution < -0.4 is 4.85 Å². The summed E-state index contributed by atoms with van der Waals surface area (Å²) >= 11 is 5.91. The third kappa shape index (κ3) is 1.22. The molecule has 0 N–H and O–H groups in total. The van der Waals surface area contributed by atoms with Crippen LogP contribution in [0.5, 0.6) is 0 Å². The average molecular weight is 235 g/mol.